The van der Waals surface area contributed by atoms with Crippen LogP contribution >= 0.6 is 0 Å². The number of nitrogens with zero attached hydrogens (tertiary/aromatic N) is 1. The maximum absolute atomic E-state index is 13.0. The zero-order chi connectivity index (χ0) is 22.3. The van der Waals surface area contributed by atoms with Crippen LogP contribution in [0.5, 0.6) is 0 Å². The lowest BCUT2D eigenvalue weighted by Crippen LogP contribution is -2.44. The van der Waals surface area contributed by atoms with Gasteiger partial charge in [0, 0.05) is 12.1 Å². The highest BCUT2D eigenvalue weighted by atomic mass is 16.2. The number of carbonyl (C=O) groups excluding carboxylic acids is 3. The van der Waals surface area contributed by atoms with Gasteiger partial charge in [-0.3, -0.25) is 14.4 Å². The highest BCUT2D eigenvalue weighted by Crippen LogP contribution is 2.25. The van der Waals surface area contributed by atoms with E-state index < -0.39 is 0 Å². The summed E-state index contributed by atoms with van der Waals surface area (Å²) in [5.41, 5.74) is 5.16. The van der Waals surface area contributed by atoms with E-state index >= 15 is 0 Å². The Morgan fingerprint density at radius 2 is 1.37 bits per heavy atom. The zero-order valence-corrected chi connectivity index (χ0v) is 18.5. The fraction of sp³-hybridized carbons (Fsp3) is 0.375. The van der Waals surface area contributed by atoms with Crippen LogP contribution in [0.2, 0.25) is 0 Å². The lowest BCUT2D eigenvalue weighted by atomic mass is 10.1. The van der Waals surface area contributed by atoms with Gasteiger partial charge >= 0.3 is 0 Å². The third-order valence-electron chi connectivity index (χ3n) is 4.97. The van der Waals surface area contributed by atoms with E-state index in [0.717, 1.165) is 27.9 Å². The second kappa shape index (κ2) is 10.6. The maximum Gasteiger partial charge on any atom is 0.246 e. The molecule has 6 heteroatoms. The normalized spacial score (nSPS) is 10.4. The van der Waals surface area contributed by atoms with Crippen molar-refractivity contribution in [3.05, 3.63) is 58.7 Å². The molecular weight excluding hydrogens is 378 g/mol. The molecule has 0 bridgehead atoms. The fourth-order valence-corrected chi connectivity index (χ4v) is 3.44. The number of carbonyl (C=O) groups is 3. The van der Waals surface area contributed by atoms with Gasteiger partial charge in [-0.1, -0.05) is 43.3 Å². The van der Waals surface area contributed by atoms with Crippen LogP contribution in [0, 0.1) is 27.7 Å². The van der Waals surface area contributed by atoms with Crippen molar-refractivity contribution < 1.29 is 14.4 Å². The number of para-hydroxylation sites is 2. The molecule has 0 unspecified atom stereocenters. The first-order valence-electron chi connectivity index (χ1n) is 10.2. The van der Waals surface area contributed by atoms with Gasteiger partial charge in [-0.2, -0.15) is 0 Å². The monoisotopic (exact) mass is 409 g/mol. The number of amides is 3. The molecule has 0 aliphatic rings. The zero-order valence-electron chi connectivity index (χ0n) is 18.5. The Morgan fingerprint density at radius 3 is 1.90 bits per heavy atom. The molecule has 2 aromatic carbocycles. The summed E-state index contributed by atoms with van der Waals surface area (Å²) in [6.45, 7) is 9.29. The minimum atomic E-state index is -0.325. The van der Waals surface area contributed by atoms with Crippen molar-refractivity contribution in [3.8, 4) is 0 Å². The molecule has 0 atom stereocenters. The Balaban J connectivity index is 2.26. The molecule has 2 aromatic rings. The van der Waals surface area contributed by atoms with Gasteiger partial charge in [0.2, 0.25) is 17.7 Å². The minimum Gasteiger partial charge on any atom is -0.347 e. The van der Waals surface area contributed by atoms with Crippen LogP contribution in [0.15, 0.2) is 36.4 Å². The quantitative estimate of drug-likeness (QED) is 0.696. The van der Waals surface area contributed by atoms with Gasteiger partial charge in [0.25, 0.3) is 0 Å². The first-order valence-corrected chi connectivity index (χ1v) is 10.2. The molecule has 0 aliphatic carbocycles. The van der Waals surface area contributed by atoms with Gasteiger partial charge in [-0.25, -0.2) is 0 Å². The minimum absolute atomic E-state index is 0.137. The summed E-state index contributed by atoms with van der Waals surface area (Å²) < 4.78 is 0. The molecule has 0 saturated heterocycles. The second-order valence-corrected chi connectivity index (χ2v) is 7.56. The molecule has 0 heterocycles. The van der Waals surface area contributed by atoms with Crippen molar-refractivity contribution in [2.75, 3.05) is 23.3 Å². The summed E-state index contributed by atoms with van der Waals surface area (Å²) in [4.78, 5) is 39.2. The summed E-state index contributed by atoms with van der Waals surface area (Å²) in [6.07, 6.45) is 1.07. The largest absolute Gasteiger partial charge is 0.347 e. The summed E-state index contributed by atoms with van der Waals surface area (Å²) in [5.74, 6) is -0.788. The number of aryl methyl sites for hydroxylation is 4. The number of anilines is 2. The van der Waals surface area contributed by atoms with Crippen LogP contribution in [-0.2, 0) is 14.4 Å². The predicted molar refractivity (Wildman–Crippen MR) is 121 cm³/mol. The Bertz CT molecular complexity index is 897. The lowest BCUT2D eigenvalue weighted by Gasteiger charge is -2.26. The third kappa shape index (κ3) is 5.92. The maximum atomic E-state index is 13.0. The number of rotatable bonds is 8. The van der Waals surface area contributed by atoms with E-state index in [4.69, 9.17) is 0 Å². The summed E-state index contributed by atoms with van der Waals surface area (Å²) in [7, 11) is 0. The van der Waals surface area contributed by atoms with Gasteiger partial charge < -0.3 is 15.5 Å². The van der Waals surface area contributed by atoms with E-state index in [1.165, 1.54) is 4.90 Å². The Kier molecular flexibility index (Phi) is 8.16. The molecule has 3 amide bonds. The Morgan fingerprint density at radius 1 is 0.833 bits per heavy atom. The molecule has 0 aliphatic heterocycles. The number of hydrogen-bond acceptors (Lipinski definition) is 3. The standard InChI is InChI=1S/C24H31N3O3/c1-6-9-20(28)25-14-22(30)27(24-18(4)12-8-13-19(24)5)15-21(29)26-23-16(2)10-7-11-17(23)3/h7-8,10-13H,6,9,14-15H2,1-5H3,(H,25,28)(H,26,29). The van der Waals surface area contributed by atoms with Crippen LogP contribution in [0.4, 0.5) is 11.4 Å². The van der Waals surface area contributed by atoms with E-state index in [2.05, 4.69) is 10.6 Å². The molecule has 0 fully saturated rings. The molecule has 0 aromatic heterocycles. The topological polar surface area (TPSA) is 78.5 Å². The number of nitrogens with one attached hydrogen (secondary N) is 2. The molecule has 0 spiro atoms. The summed E-state index contributed by atoms with van der Waals surface area (Å²) in [6, 6.07) is 11.5. The van der Waals surface area contributed by atoms with E-state index in [1.807, 2.05) is 71.0 Å². The van der Waals surface area contributed by atoms with Crippen LogP contribution in [0.3, 0.4) is 0 Å². The average Bonchev–Trinajstić information content (AvgIpc) is 2.68. The summed E-state index contributed by atoms with van der Waals surface area (Å²) in [5, 5.41) is 5.59. The van der Waals surface area contributed by atoms with Crippen LogP contribution < -0.4 is 15.5 Å². The SMILES string of the molecule is CCCC(=O)NCC(=O)N(CC(=O)Nc1c(C)cccc1C)c1c(C)cccc1C. The Hall–Kier alpha value is -3.15. The molecule has 30 heavy (non-hydrogen) atoms. The average molecular weight is 410 g/mol. The van der Waals surface area contributed by atoms with E-state index in [-0.39, 0.29) is 30.8 Å². The van der Waals surface area contributed by atoms with Gasteiger partial charge in [0.1, 0.15) is 6.54 Å². The summed E-state index contributed by atoms with van der Waals surface area (Å²) >= 11 is 0. The Labute approximate surface area is 178 Å². The van der Waals surface area contributed by atoms with Gasteiger partial charge in [0.05, 0.1) is 12.2 Å². The first kappa shape index (κ1) is 23.1. The second-order valence-electron chi connectivity index (χ2n) is 7.56. The molecule has 2 N–H and O–H groups in total. The third-order valence-corrected chi connectivity index (χ3v) is 4.97. The van der Waals surface area contributed by atoms with Crippen molar-refractivity contribution in [1.29, 1.82) is 0 Å². The molecule has 0 saturated carbocycles. The van der Waals surface area contributed by atoms with Crippen LogP contribution in [0.25, 0.3) is 0 Å². The number of hydrogen-bond donors (Lipinski definition) is 2. The van der Waals surface area contributed by atoms with Gasteiger partial charge in [0.15, 0.2) is 0 Å². The number of benzene rings is 2. The fourth-order valence-electron chi connectivity index (χ4n) is 3.44. The van der Waals surface area contributed by atoms with E-state index in [9.17, 15) is 14.4 Å². The van der Waals surface area contributed by atoms with Gasteiger partial charge in [-0.05, 0) is 56.4 Å². The highest BCUT2D eigenvalue weighted by molar-refractivity contribution is 6.05. The van der Waals surface area contributed by atoms with Crippen molar-refractivity contribution >= 4 is 29.1 Å². The van der Waals surface area contributed by atoms with E-state index in [0.29, 0.717) is 18.5 Å². The molecular formula is C24H31N3O3. The van der Waals surface area contributed by atoms with Crippen molar-refractivity contribution in [2.24, 2.45) is 0 Å². The van der Waals surface area contributed by atoms with Crippen molar-refractivity contribution in [2.45, 2.75) is 47.5 Å². The molecule has 6 nitrogen and oxygen atoms in total. The molecule has 160 valence electrons. The van der Waals surface area contributed by atoms with Crippen molar-refractivity contribution in [3.63, 3.8) is 0 Å². The lowest BCUT2D eigenvalue weighted by molar-refractivity contribution is -0.125. The van der Waals surface area contributed by atoms with Crippen molar-refractivity contribution in [1.82, 2.24) is 5.32 Å². The molecule has 2 rings (SSSR count). The highest BCUT2D eigenvalue weighted by Gasteiger charge is 2.23. The predicted octanol–water partition coefficient (Wildman–Crippen LogP) is 3.81. The van der Waals surface area contributed by atoms with Crippen LogP contribution in [-0.4, -0.2) is 30.8 Å². The van der Waals surface area contributed by atoms with Gasteiger partial charge in [-0.15, -0.1) is 0 Å². The molecule has 0 radical (unpaired) electrons. The van der Waals surface area contributed by atoms with E-state index in [1.54, 1.807) is 0 Å². The smallest absolute Gasteiger partial charge is 0.246 e. The van der Waals surface area contributed by atoms with Crippen LogP contribution in [0.1, 0.15) is 42.0 Å². The first-order chi connectivity index (χ1) is 14.2.